The number of nitrogens with one attached hydrogen (secondary N) is 4. The summed E-state index contributed by atoms with van der Waals surface area (Å²) in [5.74, 6) is 2.50. The highest BCUT2D eigenvalue weighted by atomic mass is 79.9. The Morgan fingerprint density at radius 2 is 1.72 bits per heavy atom. The summed E-state index contributed by atoms with van der Waals surface area (Å²) in [4.78, 5) is 54.2. The molecule has 3 saturated heterocycles. The van der Waals surface area contributed by atoms with Gasteiger partial charge in [-0.2, -0.15) is 10.1 Å². The fourth-order valence-electron chi connectivity index (χ4n) is 10.2. The molecule has 10 rings (SSSR count). The molecule has 4 aromatic carbocycles. The van der Waals surface area contributed by atoms with E-state index in [0.29, 0.717) is 81.3 Å². The lowest BCUT2D eigenvalue weighted by Crippen LogP contribution is -2.52. The molecule has 4 N–H and O–H groups in total. The molecule has 6 heterocycles. The van der Waals surface area contributed by atoms with Gasteiger partial charge in [-0.15, -0.1) is 0 Å². The monoisotopic (exact) mass is 1010 g/mol. The fourth-order valence-corrected chi connectivity index (χ4v) is 11.8. The van der Waals surface area contributed by atoms with Gasteiger partial charge in [0.05, 0.1) is 42.3 Å². The van der Waals surface area contributed by atoms with E-state index in [1.807, 2.05) is 30.4 Å². The van der Waals surface area contributed by atoms with Gasteiger partial charge >= 0.3 is 0 Å². The van der Waals surface area contributed by atoms with Crippen molar-refractivity contribution < 1.29 is 23.9 Å². The summed E-state index contributed by atoms with van der Waals surface area (Å²) in [7, 11) is 3.14. The van der Waals surface area contributed by atoms with Crippen molar-refractivity contribution >= 4 is 92.2 Å². The van der Waals surface area contributed by atoms with Crippen LogP contribution in [0.25, 0.3) is 21.9 Å². The van der Waals surface area contributed by atoms with Gasteiger partial charge in [-0.3, -0.25) is 29.3 Å². The van der Waals surface area contributed by atoms with Crippen LogP contribution in [0.5, 0.6) is 11.5 Å². The van der Waals surface area contributed by atoms with E-state index < -0.39 is 14.0 Å². The van der Waals surface area contributed by atoms with Crippen molar-refractivity contribution in [2.45, 2.75) is 44.1 Å². The molecule has 358 valence electrons. The molecule has 2 aromatic heterocycles. The summed E-state index contributed by atoms with van der Waals surface area (Å²) in [6.45, 7) is 9.75. The number of nitrogens with zero attached hydrogens (tertiary/aromatic N) is 7. The van der Waals surface area contributed by atoms with E-state index in [0.717, 1.165) is 70.8 Å². The van der Waals surface area contributed by atoms with E-state index in [9.17, 15) is 14.4 Å². The first-order valence-electron chi connectivity index (χ1n) is 23.6. The van der Waals surface area contributed by atoms with Crippen LogP contribution in [-0.4, -0.2) is 126 Å². The zero-order valence-corrected chi connectivity index (χ0v) is 41.8. The number of piperazine rings is 1. The number of methoxy groups -OCH3 is 1. The zero-order valence-electron chi connectivity index (χ0n) is 39.3. The van der Waals surface area contributed by atoms with Crippen molar-refractivity contribution in [3.05, 3.63) is 94.9 Å². The molecule has 0 spiro atoms. The molecule has 0 bridgehead atoms. The summed E-state index contributed by atoms with van der Waals surface area (Å²) < 4.78 is 14.7. The molecule has 4 aliphatic rings. The quantitative estimate of drug-likeness (QED) is 0.0671. The lowest BCUT2D eigenvalue weighted by Gasteiger charge is -2.39. The molecule has 4 aliphatic heterocycles. The van der Waals surface area contributed by atoms with Crippen LogP contribution in [0.15, 0.2) is 83.7 Å². The van der Waals surface area contributed by atoms with E-state index in [4.69, 9.17) is 14.5 Å². The van der Waals surface area contributed by atoms with E-state index in [2.05, 4.69) is 125 Å². The largest absolute Gasteiger partial charge is 0.494 e. The van der Waals surface area contributed by atoms with Crippen molar-refractivity contribution in [2.24, 2.45) is 7.05 Å². The van der Waals surface area contributed by atoms with Crippen LogP contribution in [0.3, 0.4) is 0 Å². The van der Waals surface area contributed by atoms with Crippen LogP contribution >= 0.6 is 23.9 Å². The minimum absolute atomic E-state index is 0.154. The van der Waals surface area contributed by atoms with Gasteiger partial charge < -0.3 is 35.2 Å². The minimum Gasteiger partial charge on any atom is -0.494 e. The molecular weight excluding hydrogens is 958 g/mol. The number of carbonyl (C=O) groups is 3. The van der Waals surface area contributed by atoms with E-state index >= 15 is 0 Å². The summed E-state index contributed by atoms with van der Waals surface area (Å²) in [6.07, 6.45) is 9.13. The third kappa shape index (κ3) is 9.82. The number of fused-ring (bicyclic) bond motifs is 2. The van der Waals surface area contributed by atoms with Gasteiger partial charge in [0.25, 0.3) is 0 Å². The Morgan fingerprint density at radius 1 is 0.928 bits per heavy atom. The molecule has 0 aliphatic carbocycles. The SMILES string of the molecule is COc1cc(N2CCN(C(=O)CN3CCC(c4ccc(NC5CCC(=O)NC5=O)c5c4CCO5)CC3)CC2)c(-c2cnn(C)c2)cc1Nc1ncc(Br)c(Nc2ccc3ccccc3c2P(C)C)n1. The average molecular weight is 1010 g/mol. The normalized spacial score (nSPS) is 17.7. The number of halogens is 1. The van der Waals surface area contributed by atoms with Crippen molar-refractivity contribution in [3.63, 3.8) is 0 Å². The molecule has 3 fully saturated rings. The van der Waals surface area contributed by atoms with Crippen molar-refractivity contribution in [1.82, 2.24) is 34.9 Å². The summed E-state index contributed by atoms with van der Waals surface area (Å²) in [5, 5.41) is 21.1. The molecule has 16 nitrogen and oxygen atoms in total. The van der Waals surface area contributed by atoms with E-state index in [-0.39, 0.29) is 17.7 Å². The standard InChI is InChI=1S/C51H57BrN11O5P/c1-60-29-33(27-54-60)37-25-42(57-51-53-28-38(52)49(59-51)56-40-11-9-31-7-5-6-8-35(31)48(40)69(3)4)44(67-2)26-43(37)62-20-22-63(23-21-62)46(65)30-61-18-15-32(16-19-61)34-10-12-39(47-36(34)17-24-68-47)55-41-13-14-45(64)58-50(41)66/h5-12,25-29,32,41,55H,13-24,30H2,1-4H3,(H,58,64,66)(H2,53,56,57,59). The topological polar surface area (TPSA) is 171 Å². The van der Waals surface area contributed by atoms with Crippen molar-refractivity contribution in [1.29, 1.82) is 0 Å². The summed E-state index contributed by atoms with van der Waals surface area (Å²) >= 11 is 3.69. The first kappa shape index (κ1) is 46.4. The number of piperidine rings is 2. The predicted molar refractivity (Wildman–Crippen MR) is 276 cm³/mol. The Bertz CT molecular complexity index is 2930. The zero-order chi connectivity index (χ0) is 47.8. The molecular formula is C51H57BrN11O5P. The van der Waals surface area contributed by atoms with Gasteiger partial charge in [-0.25, -0.2) is 4.98 Å². The number of benzene rings is 4. The Balaban J connectivity index is 0.790. The second-order valence-electron chi connectivity index (χ2n) is 18.4. The lowest BCUT2D eigenvalue weighted by molar-refractivity contribution is -0.134. The number of aromatic nitrogens is 4. The number of hydrogen-bond acceptors (Lipinski definition) is 13. The number of rotatable bonds is 13. The van der Waals surface area contributed by atoms with Crippen molar-refractivity contribution in [3.8, 4) is 22.6 Å². The Morgan fingerprint density at radius 3 is 2.48 bits per heavy atom. The minimum atomic E-state index is -0.466. The number of ether oxygens (including phenoxy) is 2. The Labute approximate surface area is 411 Å². The highest BCUT2D eigenvalue weighted by Gasteiger charge is 2.33. The van der Waals surface area contributed by atoms with Crippen LogP contribution in [0.2, 0.25) is 0 Å². The van der Waals surface area contributed by atoms with Crippen molar-refractivity contribution in [2.75, 3.05) is 93.7 Å². The lowest BCUT2D eigenvalue weighted by atomic mass is 9.85. The second-order valence-corrected chi connectivity index (χ2v) is 21.5. The smallest absolute Gasteiger partial charge is 0.249 e. The molecule has 0 radical (unpaired) electrons. The summed E-state index contributed by atoms with van der Waals surface area (Å²) in [6, 6.07) is 20.6. The van der Waals surface area contributed by atoms with Crippen LogP contribution < -0.4 is 40.9 Å². The maximum Gasteiger partial charge on any atom is 0.249 e. The molecule has 1 atom stereocenters. The van der Waals surface area contributed by atoms with Gasteiger partial charge in [0.1, 0.15) is 23.4 Å². The van der Waals surface area contributed by atoms with E-state index in [1.54, 1.807) is 18.0 Å². The number of amides is 3. The number of hydrogen-bond donors (Lipinski definition) is 4. The third-order valence-corrected chi connectivity index (χ3v) is 15.7. The van der Waals surface area contributed by atoms with Gasteiger partial charge in [0.2, 0.25) is 23.7 Å². The predicted octanol–water partition coefficient (Wildman–Crippen LogP) is 7.34. The maximum absolute atomic E-state index is 13.8. The molecule has 3 amide bonds. The Kier molecular flexibility index (Phi) is 13.4. The van der Waals surface area contributed by atoms with Gasteiger partial charge in [-0.05, 0) is 102 Å². The Hall–Kier alpha value is -6.29. The number of anilines is 6. The first-order chi connectivity index (χ1) is 33.5. The highest BCUT2D eigenvalue weighted by Crippen LogP contribution is 2.44. The molecule has 1 unspecified atom stereocenters. The van der Waals surface area contributed by atoms with Gasteiger partial charge in [0.15, 0.2) is 0 Å². The van der Waals surface area contributed by atoms with Crippen LogP contribution in [0.1, 0.15) is 42.7 Å². The number of imide groups is 1. The number of carbonyl (C=O) groups excluding carboxylic acids is 3. The van der Waals surface area contributed by atoms with Crippen LogP contribution in [-0.2, 0) is 27.9 Å². The summed E-state index contributed by atoms with van der Waals surface area (Å²) in [5.41, 5.74) is 7.95. The first-order valence-corrected chi connectivity index (χ1v) is 26.6. The average Bonchev–Trinajstić information content (AvgIpc) is 4.04. The number of likely N-dealkylation sites (tertiary alicyclic amines) is 1. The number of aryl methyl sites for hydroxylation is 1. The molecule has 18 heteroatoms. The maximum atomic E-state index is 13.8. The molecule has 69 heavy (non-hydrogen) atoms. The van der Waals surface area contributed by atoms with Gasteiger partial charge in [0, 0.05) is 97.9 Å². The third-order valence-electron chi connectivity index (χ3n) is 13.7. The fraction of sp³-hybridized carbons (Fsp3) is 0.373. The van der Waals surface area contributed by atoms with E-state index in [1.165, 1.54) is 27.2 Å². The highest BCUT2D eigenvalue weighted by molar-refractivity contribution is 9.10. The van der Waals surface area contributed by atoms with Crippen LogP contribution in [0.4, 0.5) is 34.5 Å². The van der Waals surface area contributed by atoms with Gasteiger partial charge in [-0.1, -0.05) is 44.3 Å². The second kappa shape index (κ2) is 20.0. The molecule has 6 aromatic rings. The van der Waals surface area contributed by atoms with Crippen LogP contribution in [0, 0.1) is 0 Å². The molecule has 0 saturated carbocycles.